The van der Waals surface area contributed by atoms with Crippen LogP contribution in [0.2, 0.25) is 4.34 Å². The molecule has 0 amide bonds. The highest BCUT2D eigenvalue weighted by Gasteiger charge is 2.45. The standard InChI is InChI=1S/C13H18ClNS/c1-15-10-8-13(5-3-2-4-6-13)12-9(10)7-11(14)16-12/h7,10,15H,2-6,8H2,1H3/t10-/m1/s1. The Hall–Kier alpha value is -0.0500. The van der Waals surface area contributed by atoms with Gasteiger partial charge in [-0.15, -0.1) is 11.3 Å². The van der Waals surface area contributed by atoms with Crippen LogP contribution in [-0.2, 0) is 5.41 Å². The van der Waals surface area contributed by atoms with Gasteiger partial charge in [-0.1, -0.05) is 30.9 Å². The lowest BCUT2D eigenvalue weighted by atomic mass is 9.73. The van der Waals surface area contributed by atoms with Gasteiger partial charge in [0.05, 0.1) is 4.34 Å². The van der Waals surface area contributed by atoms with Crippen molar-refractivity contribution in [2.75, 3.05) is 7.05 Å². The highest BCUT2D eigenvalue weighted by molar-refractivity contribution is 7.16. The Bertz CT molecular complexity index is 393. The Morgan fingerprint density at radius 1 is 1.38 bits per heavy atom. The minimum absolute atomic E-state index is 0.471. The second-order valence-electron chi connectivity index (χ2n) is 5.22. The van der Waals surface area contributed by atoms with Crippen LogP contribution in [0.3, 0.4) is 0 Å². The SMILES string of the molecule is CN[C@@H]1CC2(CCCCC2)c2sc(Cl)cc21. The molecule has 0 aromatic carbocycles. The van der Waals surface area contributed by atoms with Crippen LogP contribution in [0.5, 0.6) is 0 Å². The fourth-order valence-corrected chi connectivity index (χ4v) is 5.11. The molecule has 1 atom stereocenters. The van der Waals surface area contributed by atoms with Gasteiger partial charge in [0.1, 0.15) is 0 Å². The van der Waals surface area contributed by atoms with E-state index in [1.165, 1.54) is 44.1 Å². The third-order valence-electron chi connectivity index (χ3n) is 4.34. The Balaban J connectivity index is 2.03. The van der Waals surface area contributed by atoms with E-state index in [2.05, 4.69) is 18.4 Å². The average Bonchev–Trinajstić information content (AvgIpc) is 2.79. The number of hydrogen-bond donors (Lipinski definition) is 1. The molecule has 0 unspecified atom stereocenters. The molecule has 1 N–H and O–H groups in total. The van der Waals surface area contributed by atoms with E-state index in [0.717, 1.165) is 4.34 Å². The summed E-state index contributed by atoms with van der Waals surface area (Å²) in [5.74, 6) is 0. The second-order valence-corrected chi connectivity index (χ2v) is 6.90. The van der Waals surface area contributed by atoms with Crippen LogP contribution in [0.25, 0.3) is 0 Å². The minimum atomic E-state index is 0.471. The first-order valence-electron chi connectivity index (χ1n) is 6.22. The topological polar surface area (TPSA) is 12.0 Å². The summed E-state index contributed by atoms with van der Waals surface area (Å²) in [6.45, 7) is 0. The molecule has 16 heavy (non-hydrogen) atoms. The maximum absolute atomic E-state index is 6.19. The summed E-state index contributed by atoms with van der Waals surface area (Å²) in [6, 6.07) is 2.73. The first-order chi connectivity index (χ1) is 7.75. The van der Waals surface area contributed by atoms with E-state index in [9.17, 15) is 0 Å². The average molecular weight is 256 g/mol. The molecule has 1 fully saturated rings. The van der Waals surface area contributed by atoms with Crippen molar-refractivity contribution >= 4 is 22.9 Å². The van der Waals surface area contributed by atoms with Crippen LogP contribution in [0, 0.1) is 0 Å². The smallest absolute Gasteiger partial charge is 0.0934 e. The molecule has 3 heteroatoms. The maximum Gasteiger partial charge on any atom is 0.0934 e. The summed E-state index contributed by atoms with van der Waals surface area (Å²) in [5.41, 5.74) is 1.96. The van der Waals surface area contributed by atoms with Crippen LogP contribution in [0.15, 0.2) is 6.07 Å². The van der Waals surface area contributed by atoms with Crippen LogP contribution >= 0.6 is 22.9 Å². The van der Waals surface area contributed by atoms with Crippen molar-refractivity contribution in [3.8, 4) is 0 Å². The number of nitrogens with one attached hydrogen (secondary N) is 1. The molecule has 0 bridgehead atoms. The van der Waals surface area contributed by atoms with E-state index >= 15 is 0 Å². The third kappa shape index (κ3) is 1.54. The molecule has 1 nitrogen and oxygen atoms in total. The Labute approximate surface area is 106 Å². The predicted molar refractivity (Wildman–Crippen MR) is 70.5 cm³/mol. The predicted octanol–water partition coefficient (Wildman–Crippen LogP) is 4.27. The van der Waals surface area contributed by atoms with Crippen LogP contribution < -0.4 is 5.32 Å². The molecule has 1 spiro atoms. The Morgan fingerprint density at radius 2 is 2.12 bits per heavy atom. The van der Waals surface area contributed by atoms with E-state index in [1.807, 2.05) is 11.3 Å². The summed E-state index contributed by atoms with van der Waals surface area (Å²) in [5, 5.41) is 3.45. The number of rotatable bonds is 1. The summed E-state index contributed by atoms with van der Waals surface area (Å²) in [4.78, 5) is 1.59. The Kier molecular flexibility index (Phi) is 2.77. The zero-order chi connectivity index (χ0) is 11.2. The highest BCUT2D eigenvalue weighted by atomic mass is 35.5. The summed E-state index contributed by atoms with van der Waals surface area (Å²) < 4.78 is 0.967. The maximum atomic E-state index is 6.19. The van der Waals surface area contributed by atoms with Crippen LogP contribution in [0.4, 0.5) is 0 Å². The van der Waals surface area contributed by atoms with Gasteiger partial charge >= 0.3 is 0 Å². The van der Waals surface area contributed by atoms with Crippen molar-refractivity contribution in [2.24, 2.45) is 0 Å². The lowest BCUT2D eigenvalue weighted by molar-refractivity contribution is 0.277. The van der Waals surface area contributed by atoms with Crippen molar-refractivity contribution in [1.82, 2.24) is 5.32 Å². The molecule has 2 aliphatic carbocycles. The second kappa shape index (κ2) is 4.01. The molecule has 0 saturated heterocycles. The first-order valence-corrected chi connectivity index (χ1v) is 7.42. The summed E-state index contributed by atoms with van der Waals surface area (Å²) in [7, 11) is 2.07. The lowest BCUT2D eigenvalue weighted by Gasteiger charge is -2.34. The largest absolute Gasteiger partial charge is 0.313 e. The van der Waals surface area contributed by atoms with Gasteiger partial charge < -0.3 is 5.32 Å². The minimum Gasteiger partial charge on any atom is -0.313 e. The van der Waals surface area contributed by atoms with Crippen molar-refractivity contribution in [2.45, 2.75) is 50.0 Å². The number of fused-ring (bicyclic) bond motifs is 2. The van der Waals surface area contributed by atoms with E-state index in [4.69, 9.17) is 11.6 Å². The molecule has 1 aromatic heterocycles. The lowest BCUT2D eigenvalue weighted by Crippen LogP contribution is -2.27. The van der Waals surface area contributed by atoms with Gasteiger partial charge in [-0.2, -0.15) is 0 Å². The zero-order valence-electron chi connectivity index (χ0n) is 9.68. The highest BCUT2D eigenvalue weighted by Crippen LogP contribution is 2.56. The fourth-order valence-electron chi connectivity index (χ4n) is 3.56. The van der Waals surface area contributed by atoms with Crippen molar-refractivity contribution in [3.05, 3.63) is 20.8 Å². The van der Waals surface area contributed by atoms with Crippen LogP contribution in [0.1, 0.15) is 55.0 Å². The molecule has 3 rings (SSSR count). The van der Waals surface area contributed by atoms with Crippen LogP contribution in [-0.4, -0.2) is 7.05 Å². The Morgan fingerprint density at radius 3 is 2.81 bits per heavy atom. The molecular weight excluding hydrogens is 238 g/mol. The number of hydrogen-bond acceptors (Lipinski definition) is 2. The molecule has 0 aliphatic heterocycles. The van der Waals surface area contributed by atoms with Crippen molar-refractivity contribution < 1.29 is 0 Å². The van der Waals surface area contributed by atoms with E-state index in [-0.39, 0.29) is 0 Å². The molecular formula is C13H18ClNS. The number of thiophene rings is 1. The number of halogens is 1. The third-order valence-corrected chi connectivity index (χ3v) is 5.87. The molecule has 1 saturated carbocycles. The molecule has 1 aromatic rings. The molecule has 88 valence electrons. The van der Waals surface area contributed by atoms with Gasteiger partial charge in [-0.3, -0.25) is 0 Å². The summed E-state index contributed by atoms with van der Waals surface area (Å²) in [6.07, 6.45) is 8.24. The van der Waals surface area contributed by atoms with Gasteiger partial charge in [-0.05, 0) is 37.9 Å². The van der Waals surface area contributed by atoms with E-state index < -0.39 is 0 Å². The quantitative estimate of drug-likeness (QED) is 0.790. The van der Waals surface area contributed by atoms with Gasteiger partial charge in [-0.25, -0.2) is 0 Å². The van der Waals surface area contributed by atoms with Crippen molar-refractivity contribution in [3.63, 3.8) is 0 Å². The van der Waals surface area contributed by atoms with E-state index in [1.54, 1.807) is 4.88 Å². The fraction of sp³-hybridized carbons (Fsp3) is 0.692. The van der Waals surface area contributed by atoms with Gasteiger partial charge in [0.25, 0.3) is 0 Å². The monoisotopic (exact) mass is 255 g/mol. The molecule has 0 radical (unpaired) electrons. The van der Waals surface area contributed by atoms with E-state index in [0.29, 0.717) is 11.5 Å². The van der Waals surface area contributed by atoms with Gasteiger partial charge in [0, 0.05) is 16.3 Å². The normalized spacial score (nSPS) is 27.2. The van der Waals surface area contributed by atoms with Gasteiger partial charge in [0.2, 0.25) is 0 Å². The summed E-state index contributed by atoms with van der Waals surface area (Å²) >= 11 is 8.02. The van der Waals surface area contributed by atoms with Crippen molar-refractivity contribution in [1.29, 1.82) is 0 Å². The van der Waals surface area contributed by atoms with Gasteiger partial charge in [0.15, 0.2) is 0 Å². The molecule has 1 heterocycles. The zero-order valence-corrected chi connectivity index (χ0v) is 11.3. The first kappa shape index (κ1) is 11.1. The molecule has 2 aliphatic rings.